The maximum Gasteiger partial charge on any atom is 0.162 e. The van der Waals surface area contributed by atoms with Gasteiger partial charge in [-0.05, 0) is 11.6 Å². The van der Waals surface area contributed by atoms with Crippen molar-refractivity contribution in [3.05, 3.63) is 22.7 Å². The Bertz CT molecular complexity index is 375. The Labute approximate surface area is 101 Å². The minimum absolute atomic E-state index is 0.0161. The number of halogens is 1. The van der Waals surface area contributed by atoms with Gasteiger partial charge in [-0.15, -0.1) is 0 Å². The highest BCUT2D eigenvalue weighted by atomic mass is 35.5. The van der Waals surface area contributed by atoms with Crippen LogP contribution >= 0.6 is 11.6 Å². The van der Waals surface area contributed by atoms with Gasteiger partial charge in [-0.2, -0.15) is 0 Å². The molecule has 0 saturated heterocycles. The second-order valence-electron chi connectivity index (χ2n) is 4.23. The molecule has 0 amide bonds. The van der Waals surface area contributed by atoms with Gasteiger partial charge in [0.1, 0.15) is 0 Å². The van der Waals surface area contributed by atoms with E-state index in [4.69, 9.17) is 21.1 Å². The van der Waals surface area contributed by atoms with Crippen molar-refractivity contribution >= 4 is 11.6 Å². The molecule has 0 radical (unpaired) electrons. The number of aliphatic hydroxyl groups is 1. The van der Waals surface area contributed by atoms with Crippen LogP contribution in [-0.2, 0) is 5.41 Å². The third kappa shape index (κ3) is 2.42. The van der Waals surface area contributed by atoms with Crippen molar-refractivity contribution in [2.45, 2.75) is 19.3 Å². The summed E-state index contributed by atoms with van der Waals surface area (Å²) in [6.07, 6.45) is 0. The lowest BCUT2D eigenvalue weighted by Crippen LogP contribution is -2.22. The van der Waals surface area contributed by atoms with Crippen LogP contribution in [0, 0.1) is 0 Å². The van der Waals surface area contributed by atoms with Crippen LogP contribution in [0.1, 0.15) is 19.4 Å². The zero-order valence-electron chi connectivity index (χ0n) is 10.0. The van der Waals surface area contributed by atoms with Crippen molar-refractivity contribution < 1.29 is 14.6 Å². The van der Waals surface area contributed by atoms with E-state index in [1.54, 1.807) is 26.4 Å². The quantitative estimate of drug-likeness (QED) is 0.885. The molecule has 16 heavy (non-hydrogen) atoms. The van der Waals surface area contributed by atoms with Crippen LogP contribution in [0.2, 0.25) is 5.02 Å². The number of aliphatic hydroxyl groups excluding tert-OH is 1. The molecule has 0 atom stereocenters. The first-order valence-corrected chi connectivity index (χ1v) is 5.37. The molecule has 0 saturated carbocycles. The summed E-state index contributed by atoms with van der Waals surface area (Å²) < 4.78 is 10.4. The van der Waals surface area contributed by atoms with Gasteiger partial charge in [-0.25, -0.2) is 0 Å². The van der Waals surface area contributed by atoms with Gasteiger partial charge in [0.05, 0.1) is 20.8 Å². The van der Waals surface area contributed by atoms with Crippen molar-refractivity contribution in [2.24, 2.45) is 0 Å². The largest absolute Gasteiger partial charge is 0.493 e. The van der Waals surface area contributed by atoms with E-state index in [-0.39, 0.29) is 6.61 Å². The third-order valence-electron chi connectivity index (χ3n) is 2.60. The molecule has 1 rings (SSSR count). The fraction of sp³-hybridized carbons (Fsp3) is 0.500. The average molecular weight is 245 g/mol. The Morgan fingerprint density at radius 2 is 1.69 bits per heavy atom. The monoisotopic (exact) mass is 244 g/mol. The van der Waals surface area contributed by atoms with Crippen LogP contribution in [0.3, 0.4) is 0 Å². The third-order valence-corrected chi connectivity index (χ3v) is 2.91. The summed E-state index contributed by atoms with van der Waals surface area (Å²) in [6.45, 7) is 3.85. The summed E-state index contributed by atoms with van der Waals surface area (Å²) in [5.41, 5.74) is 0.436. The van der Waals surface area contributed by atoms with Gasteiger partial charge in [-0.1, -0.05) is 25.4 Å². The van der Waals surface area contributed by atoms with Crippen molar-refractivity contribution in [1.82, 2.24) is 0 Å². The zero-order chi connectivity index (χ0) is 12.3. The fourth-order valence-electron chi connectivity index (χ4n) is 1.46. The molecule has 0 aliphatic carbocycles. The van der Waals surface area contributed by atoms with Crippen LogP contribution in [0.4, 0.5) is 0 Å². The molecule has 0 spiro atoms. The van der Waals surface area contributed by atoms with Crippen LogP contribution < -0.4 is 9.47 Å². The number of methoxy groups -OCH3 is 2. The molecule has 0 aliphatic heterocycles. The topological polar surface area (TPSA) is 38.7 Å². The van der Waals surface area contributed by atoms with Crippen LogP contribution in [0.5, 0.6) is 11.5 Å². The van der Waals surface area contributed by atoms with Crippen LogP contribution in [0.25, 0.3) is 0 Å². The second-order valence-corrected chi connectivity index (χ2v) is 4.64. The lowest BCUT2D eigenvalue weighted by molar-refractivity contribution is 0.218. The molecule has 90 valence electrons. The van der Waals surface area contributed by atoms with Crippen LogP contribution in [-0.4, -0.2) is 25.9 Å². The predicted molar refractivity (Wildman–Crippen MR) is 64.7 cm³/mol. The van der Waals surface area contributed by atoms with E-state index in [0.717, 1.165) is 5.56 Å². The normalized spacial score (nSPS) is 11.4. The van der Waals surface area contributed by atoms with E-state index < -0.39 is 5.41 Å². The average Bonchev–Trinajstić information content (AvgIpc) is 2.28. The van der Waals surface area contributed by atoms with Crippen molar-refractivity contribution in [2.75, 3.05) is 20.8 Å². The van der Waals surface area contributed by atoms with E-state index >= 15 is 0 Å². The molecule has 0 aromatic heterocycles. The fourth-order valence-corrected chi connectivity index (χ4v) is 1.87. The van der Waals surface area contributed by atoms with E-state index in [2.05, 4.69) is 0 Å². The first kappa shape index (κ1) is 13.1. The van der Waals surface area contributed by atoms with Gasteiger partial charge in [0.2, 0.25) is 0 Å². The number of ether oxygens (including phenoxy) is 2. The second kappa shape index (κ2) is 4.93. The number of benzene rings is 1. The standard InChI is InChI=1S/C12H17ClO3/c1-12(2,7-14)8-5-10(15-3)11(16-4)6-9(8)13/h5-6,14H,7H2,1-4H3. The Morgan fingerprint density at radius 3 is 2.12 bits per heavy atom. The SMILES string of the molecule is COc1cc(Cl)c(C(C)(C)CO)cc1OC. The maximum atomic E-state index is 9.33. The summed E-state index contributed by atoms with van der Waals surface area (Å²) >= 11 is 6.15. The summed E-state index contributed by atoms with van der Waals surface area (Å²) in [6, 6.07) is 3.50. The Kier molecular flexibility index (Phi) is 4.05. The van der Waals surface area contributed by atoms with E-state index in [1.807, 2.05) is 13.8 Å². The first-order chi connectivity index (χ1) is 7.46. The zero-order valence-corrected chi connectivity index (χ0v) is 10.8. The molecule has 0 aliphatic rings. The highest BCUT2D eigenvalue weighted by Gasteiger charge is 2.24. The summed E-state index contributed by atoms with van der Waals surface area (Å²) in [4.78, 5) is 0. The van der Waals surface area contributed by atoms with E-state index in [1.165, 1.54) is 0 Å². The van der Waals surface area contributed by atoms with Gasteiger partial charge in [-0.3, -0.25) is 0 Å². The van der Waals surface area contributed by atoms with Crippen LogP contribution in [0.15, 0.2) is 12.1 Å². The molecular formula is C12H17ClO3. The van der Waals surface area contributed by atoms with Gasteiger partial charge in [0, 0.05) is 16.5 Å². The summed E-state index contributed by atoms with van der Waals surface area (Å²) in [5.74, 6) is 1.20. The first-order valence-electron chi connectivity index (χ1n) is 4.99. The van der Waals surface area contributed by atoms with E-state index in [9.17, 15) is 5.11 Å². The molecule has 0 bridgehead atoms. The number of hydrogen-bond acceptors (Lipinski definition) is 3. The lowest BCUT2D eigenvalue weighted by atomic mass is 9.85. The molecule has 1 aromatic rings. The minimum Gasteiger partial charge on any atom is -0.493 e. The molecular weight excluding hydrogens is 228 g/mol. The van der Waals surface area contributed by atoms with Gasteiger partial charge >= 0.3 is 0 Å². The minimum atomic E-state index is -0.406. The number of hydrogen-bond donors (Lipinski definition) is 1. The smallest absolute Gasteiger partial charge is 0.162 e. The maximum absolute atomic E-state index is 9.33. The molecule has 3 nitrogen and oxygen atoms in total. The van der Waals surface area contributed by atoms with Gasteiger partial charge in [0.25, 0.3) is 0 Å². The molecule has 4 heteroatoms. The highest BCUT2D eigenvalue weighted by Crippen LogP contribution is 2.38. The van der Waals surface area contributed by atoms with Crippen molar-refractivity contribution in [3.8, 4) is 11.5 Å². The molecule has 0 fully saturated rings. The summed E-state index contributed by atoms with van der Waals surface area (Å²) in [7, 11) is 3.13. The molecule has 1 N–H and O–H groups in total. The number of rotatable bonds is 4. The summed E-state index contributed by atoms with van der Waals surface area (Å²) in [5, 5.41) is 9.90. The Hall–Kier alpha value is -0.930. The van der Waals surface area contributed by atoms with Crippen molar-refractivity contribution in [1.29, 1.82) is 0 Å². The Morgan fingerprint density at radius 1 is 1.19 bits per heavy atom. The lowest BCUT2D eigenvalue weighted by Gasteiger charge is -2.24. The van der Waals surface area contributed by atoms with Gasteiger partial charge in [0.15, 0.2) is 11.5 Å². The van der Waals surface area contributed by atoms with E-state index in [0.29, 0.717) is 16.5 Å². The molecule has 1 aromatic carbocycles. The predicted octanol–water partition coefficient (Wildman–Crippen LogP) is 2.63. The Balaban J connectivity index is 3.32. The molecule has 0 heterocycles. The van der Waals surface area contributed by atoms with Crippen molar-refractivity contribution in [3.63, 3.8) is 0 Å². The van der Waals surface area contributed by atoms with Gasteiger partial charge < -0.3 is 14.6 Å². The molecule has 0 unspecified atom stereocenters. The highest BCUT2D eigenvalue weighted by molar-refractivity contribution is 6.31.